The molecule has 3 atom stereocenters. The van der Waals surface area contributed by atoms with E-state index in [2.05, 4.69) is 27.2 Å². The van der Waals surface area contributed by atoms with Gasteiger partial charge in [0.15, 0.2) is 5.82 Å². The molecule has 1 saturated carbocycles. The average molecular weight is 426 g/mol. The number of carbonyl (C=O) groups is 1. The second kappa shape index (κ2) is 10.9. The van der Waals surface area contributed by atoms with Gasteiger partial charge in [-0.1, -0.05) is 12.8 Å². The molecule has 2 aromatic heterocycles. The average Bonchev–Trinajstić information content (AvgIpc) is 3.34. The van der Waals surface area contributed by atoms with E-state index < -0.39 is 0 Å². The lowest BCUT2D eigenvalue weighted by Crippen LogP contribution is -2.48. The Hall–Kier alpha value is -2.25. The second-order valence-corrected chi connectivity index (χ2v) is 8.91. The van der Waals surface area contributed by atoms with Gasteiger partial charge in [0.1, 0.15) is 0 Å². The van der Waals surface area contributed by atoms with Crippen molar-refractivity contribution in [2.24, 2.45) is 11.8 Å². The first-order valence-corrected chi connectivity index (χ1v) is 11.8. The number of likely N-dealkylation sites (tertiary alicyclic amines) is 1. The van der Waals surface area contributed by atoms with E-state index in [0.29, 0.717) is 23.2 Å². The molecule has 0 bridgehead atoms. The number of carbonyl (C=O) groups excluding carboxylic acids is 1. The molecule has 1 aliphatic heterocycles. The summed E-state index contributed by atoms with van der Waals surface area (Å²) < 4.78 is 7.36. The Morgan fingerprint density at radius 1 is 1.23 bits per heavy atom. The first-order valence-electron chi connectivity index (χ1n) is 11.8. The van der Waals surface area contributed by atoms with Crippen LogP contribution in [-0.2, 0) is 4.74 Å². The fraction of sp³-hybridized carbons (Fsp3) is 0.625. The van der Waals surface area contributed by atoms with E-state index in [4.69, 9.17) is 4.74 Å². The SMILES string of the molecule is CCOCC1CCCN(CC2CCCCC2NC(=O)c2ccc(-n3cccn3)nc2)C1. The summed E-state index contributed by atoms with van der Waals surface area (Å²) in [5.74, 6) is 1.85. The fourth-order valence-electron chi connectivity index (χ4n) is 5.00. The minimum Gasteiger partial charge on any atom is -0.381 e. The summed E-state index contributed by atoms with van der Waals surface area (Å²) in [4.78, 5) is 19.9. The maximum Gasteiger partial charge on any atom is 0.253 e. The minimum atomic E-state index is -0.0238. The van der Waals surface area contributed by atoms with Crippen LogP contribution in [0.1, 0.15) is 55.8 Å². The Balaban J connectivity index is 1.33. The third kappa shape index (κ3) is 5.92. The summed E-state index contributed by atoms with van der Waals surface area (Å²) in [5.41, 5.74) is 0.606. The van der Waals surface area contributed by atoms with Gasteiger partial charge in [0.25, 0.3) is 5.91 Å². The summed E-state index contributed by atoms with van der Waals surface area (Å²) in [5, 5.41) is 7.50. The van der Waals surface area contributed by atoms with Crippen LogP contribution in [0.3, 0.4) is 0 Å². The smallest absolute Gasteiger partial charge is 0.253 e. The van der Waals surface area contributed by atoms with E-state index in [1.165, 1.54) is 38.6 Å². The summed E-state index contributed by atoms with van der Waals surface area (Å²) in [6.45, 7) is 7.10. The lowest BCUT2D eigenvalue weighted by molar-refractivity contribution is 0.0548. The minimum absolute atomic E-state index is 0.0238. The van der Waals surface area contributed by atoms with Crippen LogP contribution in [0.25, 0.3) is 5.82 Å². The molecule has 0 radical (unpaired) electrons. The molecule has 2 fully saturated rings. The van der Waals surface area contributed by atoms with Crippen LogP contribution in [0.15, 0.2) is 36.8 Å². The molecule has 0 spiro atoms. The van der Waals surface area contributed by atoms with Crippen molar-refractivity contribution in [1.29, 1.82) is 0 Å². The Morgan fingerprint density at radius 3 is 2.90 bits per heavy atom. The van der Waals surface area contributed by atoms with Gasteiger partial charge in [-0.05, 0) is 69.2 Å². The van der Waals surface area contributed by atoms with Gasteiger partial charge < -0.3 is 15.0 Å². The zero-order valence-electron chi connectivity index (χ0n) is 18.6. The van der Waals surface area contributed by atoms with Crippen molar-refractivity contribution in [3.63, 3.8) is 0 Å². The lowest BCUT2D eigenvalue weighted by Gasteiger charge is -2.39. The normalized spacial score (nSPS) is 24.7. The van der Waals surface area contributed by atoms with Gasteiger partial charge in [-0.15, -0.1) is 0 Å². The van der Waals surface area contributed by atoms with Crippen LogP contribution in [0, 0.1) is 11.8 Å². The number of rotatable bonds is 8. The van der Waals surface area contributed by atoms with Gasteiger partial charge in [-0.25, -0.2) is 9.67 Å². The monoisotopic (exact) mass is 425 g/mol. The van der Waals surface area contributed by atoms with Crippen molar-refractivity contribution in [2.75, 3.05) is 32.8 Å². The molecule has 31 heavy (non-hydrogen) atoms. The highest BCUT2D eigenvalue weighted by atomic mass is 16.5. The number of hydrogen-bond acceptors (Lipinski definition) is 5. The number of nitrogens with zero attached hydrogens (tertiary/aromatic N) is 4. The molecule has 2 aliphatic rings. The van der Waals surface area contributed by atoms with Crippen LogP contribution >= 0.6 is 0 Å². The summed E-state index contributed by atoms with van der Waals surface area (Å²) in [6, 6.07) is 5.76. The molecule has 1 aliphatic carbocycles. The zero-order valence-corrected chi connectivity index (χ0v) is 18.6. The molecule has 3 unspecified atom stereocenters. The quantitative estimate of drug-likeness (QED) is 0.703. The van der Waals surface area contributed by atoms with Crippen molar-refractivity contribution in [3.8, 4) is 5.82 Å². The van der Waals surface area contributed by atoms with E-state index in [-0.39, 0.29) is 11.9 Å². The van der Waals surface area contributed by atoms with Gasteiger partial charge in [-0.2, -0.15) is 5.10 Å². The van der Waals surface area contributed by atoms with Crippen molar-refractivity contribution >= 4 is 5.91 Å². The summed E-state index contributed by atoms with van der Waals surface area (Å²) in [6.07, 6.45) is 12.4. The van der Waals surface area contributed by atoms with Crippen molar-refractivity contribution in [2.45, 2.75) is 51.5 Å². The molecule has 1 N–H and O–H groups in total. The summed E-state index contributed by atoms with van der Waals surface area (Å²) >= 11 is 0. The van der Waals surface area contributed by atoms with E-state index in [9.17, 15) is 4.79 Å². The van der Waals surface area contributed by atoms with Gasteiger partial charge in [-0.3, -0.25) is 4.79 Å². The highest BCUT2D eigenvalue weighted by molar-refractivity contribution is 5.94. The van der Waals surface area contributed by atoms with E-state index in [1.54, 1.807) is 17.1 Å². The van der Waals surface area contributed by atoms with Crippen LogP contribution in [0.4, 0.5) is 0 Å². The Morgan fingerprint density at radius 2 is 2.13 bits per heavy atom. The third-order valence-electron chi connectivity index (χ3n) is 6.63. The van der Waals surface area contributed by atoms with E-state index in [1.807, 2.05) is 24.4 Å². The van der Waals surface area contributed by atoms with Crippen LogP contribution in [-0.4, -0.2) is 64.5 Å². The lowest BCUT2D eigenvalue weighted by atomic mass is 9.83. The number of aromatic nitrogens is 3. The van der Waals surface area contributed by atoms with Crippen molar-refractivity contribution in [3.05, 3.63) is 42.4 Å². The fourth-order valence-corrected chi connectivity index (χ4v) is 5.00. The highest BCUT2D eigenvalue weighted by Gasteiger charge is 2.30. The number of piperidine rings is 1. The maximum absolute atomic E-state index is 12.9. The number of amides is 1. The molecule has 3 heterocycles. The summed E-state index contributed by atoms with van der Waals surface area (Å²) in [7, 11) is 0. The predicted octanol–water partition coefficient (Wildman–Crippen LogP) is 3.30. The Bertz CT molecular complexity index is 808. The van der Waals surface area contributed by atoms with Crippen LogP contribution in [0.2, 0.25) is 0 Å². The Kier molecular flexibility index (Phi) is 7.70. The van der Waals surface area contributed by atoms with Gasteiger partial charge in [0, 0.05) is 44.3 Å². The molecule has 4 rings (SSSR count). The van der Waals surface area contributed by atoms with Crippen molar-refractivity contribution < 1.29 is 9.53 Å². The van der Waals surface area contributed by atoms with Crippen LogP contribution in [0.5, 0.6) is 0 Å². The molecule has 7 nitrogen and oxygen atoms in total. The first kappa shape index (κ1) is 22.0. The van der Waals surface area contributed by atoms with E-state index in [0.717, 1.165) is 32.7 Å². The molecule has 7 heteroatoms. The Labute approximate surface area is 185 Å². The molecule has 168 valence electrons. The highest BCUT2D eigenvalue weighted by Crippen LogP contribution is 2.27. The standard InChI is InChI=1S/C24H35N5O2/c1-2-31-18-19-7-5-13-28(16-19)17-21-8-3-4-9-22(21)27-24(30)20-10-11-23(25-15-20)29-14-6-12-26-29/h6,10-12,14-15,19,21-22H,2-5,7-9,13,16-18H2,1H3,(H,27,30). The second-order valence-electron chi connectivity index (χ2n) is 8.91. The number of hydrogen-bond donors (Lipinski definition) is 1. The van der Waals surface area contributed by atoms with Crippen molar-refractivity contribution in [1.82, 2.24) is 25.0 Å². The molecule has 2 aromatic rings. The number of pyridine rings is 1. The predicted molar refractivity (Wildman–Crippen MR) is 120 cm³/mol. The molecular weight excluding hydrogens is 390 g/mol. The largest absolute Gasteiger partial charge is 0.381 e. The molecule has 0 aromatic carbocycles. The number of ether oxygens (including phenoxy) is 1. The first-order chi connectivity index (χ1) is 15.2. The molecule has 1 amide bonds. The van der Waals surface area contributed by atoms with Crippen LogP contribution < -0.4 is 5.32 Å². The topological polar surface area (TPSA) is 72.3 Å². The zero-order chi connectivity index (χ0) is 21.5. The van der Waals surface area contributed by atoms with Gasteiger partial charge >= 0.3 is 0 Å². The third-order valence-corrected chi connectivity index (χ3v) is 6.63. The molecular formula is C24H35N5O2. The maximum atomic E-state index is 12.9. The molecule has 1 saturated heterocycles. The van der Waals surface area contributed by atoms with E-state index >= 15 is 0 Å². The van der Waals surface area contributed by atoms with Gasteiger partial charge in [0.2, 0.25) is 0 Å². The number of nitrogens with one attached hydrogen (secondary N) is 1. The van der Waals surface area contributed by atoms with Gasteiger partial charge in [0.05, 0.1) is 12.2 Å².